The summed E-state index contributed by atoms with van der Waals surface area (Å²) in [5.74, 6) is -1.63. The van der Waals surface area contributed by atoms with Gasteiger partial charge in [0.2, 0.25) is 0 Å². The fraction of sp³-hybridized carbons (Fsp3) is 0.0833. The van der Waals surface area contributed by atoms with E-state index < -0.39 is 17.8 Å². The van der Waals surface area contributed by atoms with Gasteiger partial charge in [0.05, 0.1) is 24.0 Å². The Morgan fingerprint density at radius 1 is 1.35 bits per heavy atom. The first-order valence-electron chi connectivity index (χ1n) is 5.53. The highest BCUT2D eigenvalue weighted by Crippen LogP contribution is 2.15. The lowest BCUT2D eigenvalue weighted by Crippen LogP contribution is -2.28. The molecule has 0 saturated carbocycles. The molecule has 104 valence electrons. The Kier molecular flexibility index (Phi) is 3.94. The number of nitrogens with zero attached hydrogens (tertiary/aromatic N) is 1. The Labute approximate surface area is 112 Å². The molecule has 0 fully saturated rings. The zero-order valence-electron chi connectivity index (χ0n) is 10.1. The molecular weight excluding hydrogens is 269 g/mol. The van der Waals surface area contributed by atoms with E-state index >= 15 is 0 Å². The highest BCUT2D eigenvalue weighted by molar-refractivity contribution is 5.91. The molecular formula is C12H10FN3O4. The van der Waals surface area contributed by atoms with Crippen molar-refractivity contribution in [3.05, 3.63) is 47.6 Å². The largest absolute Gasteiger partial charge is 0.478 e. The number of rotatable bonds is 4. The van der Waals surface area contributed by atoms with Gasteiger partial charge in [-0.15, -0.1) is 0 Å². The lowest BCUT2D eigenvalue weighted by atomic mass is 10.2. The second-order valence-electron chi connectivity index (χ2n) is 3.79. The molecule has 0 aliphatic heterocycles. The van der Waals surface area contributed by atoms with Crippen LogP contribution in [-0.2, 0) is 6.54 Å². The molecule has 3 N–H and O–H groups in total. The number of anilines is 1. The molecule has 0 unspecified atom stereocenters. The van der Waals surface area contributed by atoms with E-state index in [2.05, 4.69) is 15.8 Å². The van der Waals surface area contributed by atoms with Gasteiger partial charge < -0.3 is 20.3 Å². The van der Waals surface area contributed by atoms with E-state index in [9.17, 15) is 14.0 Å². The summed E-state index contributed by atoms with van der Waals surface area (Å²) in [6.45, 7) is 0.0979. The number of hydrogen-bond donors (Lipinski definition) is 3. The van der Waals surface area contributed by atoms with Gasteiger partial charge in [0.25, 0.3) is 0 Å². The third-order valence-corrected chi connectivity index (χ3v) is 2.38. The lowest BCUT2D eigenvalue weighted by Gasteiger charge is -2.07. The van der Waals surface area contributed by atoms with Gasteiger partial charge in [-0.2, -0.15) is 0 Å². The Morgan fingerprint density at radius 2 is 2.15 bits per heavy atom. The predicted molar refractivity (Wildman–Crippen MR) is 65.7 cm³/mol. The summed E-state index contributed by atoms with van der Waals surface area (Å²) < 4.78 is 18.3. The molecule has 0 spiro atoms. The van der Waals surface area contributed by atoms with Gasteiger partial charge in [-0.05, 0) is 18.2 Å². The molecule has 0 saturated heterocycles. The number of carboxylic acids is 1. The minimum absolute atomic E-state index is 0.0979. The van der Waals surface area contributed by atoms with Crippen molar-refractivity contribution in [3.63, 3.8) is 0 Å². The minimum Gasteiger partial charge on any atom is -0.478 e. The van der Waals surface area contributed by atoms with Crippen molar-refractivity contribution in [1.82, 2.24) is 10.5 Å². The Morgan fingerprint density at radius 3 is 2.75 bits per heavy atom. The number of benzene rings is 1. The number of carbonyl (C=O) groups is 2. The van der Waals surface area contributed by atoms with Gasteiger partial charge in [0.1, 0.15) is 5.82 Å². The molecule has 0 aliphatic carbocycles. The van der Waals surface area contributed by atoms with E-state index in [1.54, 1.807) is 6.07 Å². The Hall–Kier alpha value is -2.90. The van der Waals surface area contributed by atoms with Crippen LogP contribution in [0.4, 0.5) is 14.9 Å². The van der Waals surface area contributed by atoms with E-state index in [1.165, 1.54) is 18.3 Å². The lowest BCUT2D eigenvalue weighted by molar-refractivity contribution is 0.0696. The molecule has 0 atom stereocenters. The molecule has 20 heavy (non-hydrogen) atoms. The molecule has 2 aromatic rings. The highest BCUT2D eigenvalue weighted by Gasteiger charge is 2.10. The third-order valence-electron chi connectivity index (χ3n) is 2.38. The van der Waals surface area contributed by atoms with E-state index in [4.69, 9.17) is 9.63 Å². The van der Waals surface area contributed by atoms with Crippen molar-refractivity contribution in [3.8, 4) is 0 Å². The summed E-state index contributed by atoms with van der Waals surface area (Å²) in [6.07, 6.45) is 1.43. The number of halogens is 1. The molecule has 1 heterocycles. The van der Waals surface area contributed by atoms with Crippen molar-refractivity contribution >= 4 is 17.7 Å². The summed E-state index contributed by atoms with van der Waals surface area (Å²) in [6, 6.07) is 4.12. The molecule has 2 rings (SSSR count). The second-order valence-corrected chi connectivity index (χ2v) is 3.79. The first kappa shape index (κ1) is 13.5. The van der Waals surface area contributed by atoms with E-state index in [1.807, 2.05) is 0 Å². The second kappa shape index (κ2) is 5.83. The molecule has 1 aromatic carbocycles. The number of carboxylic acid groups (broad SMARTS) is 1. The molecule has 7 nitrogen and oxygen atoms in total. The first-order chi connectivity index (χ1) is 9.56. The van der Waals surface area contributed by atoms with Crippen LogP contribution < -0.4 is 10.6 Å². The van der Waals surface area contributed by atoms with Gasteiger partial charge in [-0.25, -0.2) is 14.0 Å². The molecule has 2 amide bonds. The SMILES string of the molecule is O=C(NCc1ccno1)Nc1ccc(C(=O)O)cc1F. The van der Waals surface area contributed by atoms with Crippen molar-refractivity contribution in [2.24, 2.45) is 0 Å². The van der Waals surface area contributed by atoms with Crippen molar-refractivity contribution in [1.29, 1.82) is 0 Å². The summed E-state index contributed by atoms with van der Waals surface area (Å²) in [4.78, 5) is 22.1. The molecule has 1 aromatic heterocycles. The molecule has 8 heteroatoms. The van der Waals surface area contributed by atoms with Crippen LogP contribution in [0, 0.1) is 5.82 Å². The standard InChI is InChI=1S/C12H10FN3O4/c13-9-5-7(11(17)18)1-2-10(9)16-12(19)14-6-8-3-4-15-20-8/h1-5H,6H2,(H,17,18)(H2,14,16,19). The van der Waals surface area contributed by atoms with Crippen LogP contribution in [0.15, 0.2) is 35.0 Å². The fourth-order valence-corrected chi connectivity index (χ4v) is 1.42. The molecule has 0 bridgehead atoms. The predicted octanol–water partition coefficient (Wildman–Crippen LogP) is 1.83. The van der Waals surface area contributed by atoms with Gasteiger partial charge >= 0.3 is 12.0 Å². The maximum atomic E-state index is 13.6. The van der Waals surface area contributed by atoms with Crippen molar-refractivity contribution in [2.45, 2.75) is 6.54 Å². The van der Waals surface area contributed by atoms with Crippen LogP contribution in [0.5, 0.6) is 0 Å². The zero-order valence-corrected chi connectivity index (χ0v) is 10.1. The Bertz CT molecular complexity index is 628. The first-order valence-corrected chi connectivity index (χ1v) is 5.53. The van der Waals surface area contributed by atoms with E-state index in [-0.39, 0.29) is 17.8 Å². The van der Waals surface area contributed by atoms with Crippen LogP contribution >= 0.6 is 0 Å². The fourth-order valence-electron chi connectivity index (χ4n) is 1.42. The van der Waals surface area contributed by atoms with Crippen molar-refractivity contribution < 1.29 is 23.6 Å². The van der Waals surface area contributed by atoms with Crippen LogP contribution in [0.1, 0.15) is 16.1 Å². The van der Waals surface area contributed by atoms with Crippen LogP contribution in [0.2, 0.25) is 0 Å². The maximum absolute atomic E-state index is 13.6. The smallest absolute Gasteiger partial charge is 0.335 e. The summed E-state index contributed by atoms with van der Waals surface area (Å²) in [7, 11) is 0. The van der Waals surface area contributed by atoms with Gasteiger partial charge in [0, 0.05) is 6.07 Å². The quantitative estimate of drug-likeness (QED) is 0.792. The highest BCUT2D eigenvalue weighted by atomic mass is 19.1. The van der Waals surface area contributed by atoms with E-state index in [0.717, 1.165) is 6.07 Å². The average Bonchev–Trinajstić information content (AvgIpc) is 2.91. The van der Waals surface area contributed by atoms with Crippen LogP contribution in [0.3, 0.4) is 0 Å². The average molecular weight is 279 g/mol. The number of nitrogens with one attached hydrogen (secondary N) is 2. The monoisotopic (exact) mass is 279 g/mol. The summed E-state index contributed by atoms with van der Waals surface area (Å²) >= 11 is 0. The summed E-state index contributed by atoms with van der Waals surface area (Å²) in [5, 5.41) is 16.8. The minimum atomic E-state index is -1.25. The van der Waals surface area contributed by atoms with Gasteiger partial charge in [0.15, 0.2) is 5.76 Å². The molecule has 0 aliphatic rings. The van der Waals surface area contributed by atoms with Gasteiger partial charge in [-0.3, -0.25) is 0 Å². The number of aromatic nitrogens is 1. The number of carbonyl (C=O) groups excluding carboxylic acids is 1. The third kappa shape index (κ3) is 3.31. The Balaban J connectivity index is 1.95. The number of amides is 2. The summed E-state index contributed by atoms with van der Waals surface area (Å²) in [5.41, 5.74) is -0.319. The topological polar surface area (TPSA) is 104 Å². The number of urea groups is 1. The van der Waals surface area contributed by atoms with Crippen molar-refractivity contribution in [2.75, 3.05) is 5.32 Å². The number of aromatic carboxylic acids is 1. The molecule has 0 radical (unpaired) electrons. The number of hydrogen-bond acceptors (Lipinski definition) is 4. The van der Waals surface area contributed by atoms with Crippen LogP contribution in [-0.4, -0.2) is 22.3 Å². The van der Waals surface area contributed by atoms with Crippen LogP contribution in [0.25, 0.3) is 0 Å². The van der Waals surface area contributed by atoms with Gasteiger partial charge in [-0.1, -0.05) is 5.16 Å². The van der Waals surface area contributed by atoms with E-state index in [0.29, 0.717) is 5.76 Å². The maximum Gasteiger partial charge on any atom is 0.335 e. The zero-order chi connectivity index (χ0) is 14.5. The normalized spacial score (nSPS) is 10.1.